The Morgan fingerprint density at radius 2 is 1.79 bits per heavy atom. The minimum absolute atomic E-state index is 0.0241. The lowest BCUT2D eigenvalue weighted by Gasteiger charge is -2.47. The van der Waals surface area contributed by atoms with Crippen molar-refractivity contribution in [3.05, 3.63) is 23.3 Å². The average Bonchev–Trinajstić information content (AvgIpc) is 2.66. The molecule has 5 nitrogen and oxygen atoms in total. The van der Waals surface area contributed by atoms with Crippen LogP contribution in [0.5, 0.6) is 11.5 Å². The second kappa shape index (κ2) is 9.38. The van der Waals surface area contributed by atoms with Crippen LogP contribution in [0.4, 0.5) is 0 Å². The molecule has 0 N–H and O–H groups in total. The fourth-order valence-electron chi connectivity index (χ4n) is 4.93. The fraction of sp³-hybridized carbons (Fsp3) is 0.708. The van der Waals surface area contributed by atoms with Crippen molar-refractivity contribution in [3.8, 4) is 11.5 Å². The van der Waals surface area contributed by atoms with Crippen LogP contribution in [0.25, 0.3) is 0 Å². The number of fused-ring (bicyclic) bond motifs is 3. The molecular weight excluding hydrogens is 366 g/mol. The molecule has 2 aliphatic heterocycles. The topological polar surface area (TPSA) is 48.0 Å². The van der Waals surface area contributed by atoms with Crippen LogP contribution in [0.1, 0.15) is 64.1 Å². The molecule has 1 aromatic carbocycles. The Bertz CT molecular complexity index is 715. The average molecular weight is 404 g/mol. The van der Waals surface area contributed by atoms with Crippen LogP contribution in [-0.4, -0.2) is 44.3 Å². The maximum atomic E-state index is 12.5. The van der Waals surface area contributed by atoms with Gasteiger partial charge in [-0.15, -0.1) is 0 Å². The summed E-state index contributed by atoms with van der Waals surface area (Å²) < 4.78 is 17.1. The van der Waals surface area contributed by atoms with Crippen LogP contribution in [0.15, 0.2) is 12.1 Å². The van der Waals surface area contributed by atoms with Gasteiger partial charge in [-0.2, -0.15) is 0 Å². The molecule has 5 heteroatoms. The Kier molecular flexibility index (Phi) is 7.10. The zero-order chi connectivity index (χ0) is 21.1. The van der Waals surface area contributed by atoms with E-state index in [1.165, 1.54) is 11.1 Å². The number of piperidine rings is 1. The van der Waals surface area contributed by atoms with E-state index in [1.807, 2.05) is 0 Å². The van der Waals surface area contributed by atoms with Gasteiger partial charge in [0.15, 0.2) is 11.5 Å². The van der Waals surface area contributed by atoms with Crippen molar-refractivity contribution in [1.29, 1.82) is 0 Å². The van der Waals surface area contributed by atoms with Gasteiger partial charge in [0.1, 0.15) is 6.10 Å². The molecular formula is C24H37NO4. The number of hydrogen-bond acceptors (Lipinski definition) is 5. The molecule has 0 aromatic heterocycles. The Morgan fingerprint density at radius 3 is 2.41 bits per heavy atom. The molecule has 2 heterocycles. The third kappa shape index (κ3) is 5.06. The molecule has 1 aromatic rings. The van der Waals surface area contributed by atoms with Crippen molar-refractivity contribution in [2.75, 3.05) is 27.3 Å². The lowest BCUT2D eigenvalue weighted by atomic mass is 9.79. The van der Waals surface area contributed by atoms with E-state index in [-0.39, 0.29) is 18.1 Å². The van der Waals surface area contributed by atoms with E-state index >= 15 is 0 Å². The molecule has 0 aliphatic carbocycles. The number of esters is 1. The van der Waals surface area contributed by atoms with E-state index < -0.39 is 0 Å². The zero-order valence-electron chi connectivity index (χ0n) is 18.9. The molecule has 0 spiro atoms. The van der Waals surface area contributed by atoms with Gasteiger partial charge in [0.2, 0.25) is 0 Å². The summed E-state index contributed by atoms with van der Waals surface area (Å²) in [5, 5.41) is 0. The standard InChI is InChI=1S/C24H37NO4/c1-15(2)9-18-14-25-8-7-17-11-22(27-5)23(28-6)12-19(17)20(25)13-21(18)29-24(26)10-16(3)4/h11-12,15-16,18,20-21H,7-10,13-14H2,1-6H3/t18-,20-,21-/m1/s1. The van der Waals surface area contributed by atoms with Gasteiger partial charge in [-0.25, -0.2) is 0 Å². The van der Waals surface area contributed by atoms with E-state index in [1.54, 1.807) is 14.2 Å². The highest BCUT2D eigenvalue weighted by Gasteiger charge is 2.41. The van der Waals surface area contributed by atoms with Gasteiger partial charge in [-0.1, -0.05) is 27.7 Å². The van der Waals surface area contributed by atoms with Crippen LogP contribution in [0, 0.1) is 17.8 Å². The summed E-state index contributed by atoms with van der Waals surface area (Å²) in [7, 11) is 3.36. The number of hydrogen-bond donors (Lipinski definition) is 0. The number of methoxy groups -OCH3 is 2. The van der Waals surface area contributed by atoms with Gasteiger partial charge in [0.25, 0.3) is 0 Å². The van der Waals surface area contributed by atoms with Crippen LogP contribution in [-0.2, 0) is 16.0 Å². The maximum absolute atomic E-state index is 12.5. The van der Waals surface area contributed by atoms with E-state index in [2.05, 4.69) is 44.7 Å². The molecule has 162 valence electrons. The summed E-state index contributed by atoms with van der Waals surface area (Å²) >= 11 is 0. The fourth-order valence-corrected chi connectivity index (χ4v) is 4.93. The second-order valence-corrected chi connectivity index (χ2v) is 9.42. The van der Waals surface area contributed by atoms with E-state index in [0.717, 1.165) is 43.9 Å². The van der Waals surface area contributed by atoms with Gasteiger partial charge in [-0.05, 0) is 47.9 Å². The molecule has 2 aliphatic rings. The van der Waals surface area contributed by atoms with E-state index in [9.17, 15) is 4.79 Å². The lowest BCUT2D eigenvalue weighted by molar-refractivity contribution is -0.158. The maximum Gasteiger partial charge on any atom is 0.306 e. The first-order valence-corrected chi connectivity index (χ1v) is 11.0. The van der Waals surface area contributed by atoms with Crippen molar-refractivity contribution < 1.29 is 19.0 Å². The summed E-state index contributed by atoms with van der Waals surface area (Å²) in [6.45, 7) is 10.6. The Morgan fingerprint density at radius 1 is 1.10 bits per heavy atom. The molecule has 1 fully saturated rings. The smallest absolute Gasteiger partial charge is 0.306 e. The molecule has 0 radical (unpaired) electrons. The monoisotopic (exact) mass is 403 g/mol. The van der Waals surface area contributed by atoms with Crippen molar-refractivity contribution >= 4 is 5.97 Å². The highest BCUT2D eigenvalue weighted by Crippen LogP contribution is 2.44. The summed E-state index contributed by atoms with van der Waals surface area (Å²) in [5.74, 6) is 2.79. The third-order valence-corrected chi connectivity index (χ3v) is 6.20. The SMILES string of the molecule is COc1cc2c(cc1OC)[C@H]1C[C@@H](OC(=O)CC(C)C)[C@H](CC(C)C)CN1CC2. The van der Waals surface area contributed by atoms with Gasteiger partial charge in [0.05, 0.1) is 14.2 Å². The molecule has 0 unspecified atom stereocenters. The Hall–Kier alpha value is -1.75. The normalized spacial score (nSPS) is 24.2. The molecule has 3 atom stereocenters. The molecule has 0 saturated carbocycles. The predicted octanol–water partition coefficient (Wildman–Crippen LogP) is 4.63. The number of ether oxygens (including phenoxy) is 3. The van der Waals surface area contributed by atoms with Gasteiger partial charge < -0.3 is 14.2 Å². The number of carbonyl (C=O) groups excluding carboxylic acids is 1. The summed E-state index contributed by atoms with van der Waals surface area (Å²) in [4.78, 5) is 15.0. The molecule has 0 bridgehead atoms. The van der Waals surface area contributed by atoms with Crippen LogP contribution < -0.4 is 9.47 Å². The van der Waals surface area contributed by atoms with E-state index in [4.69, 9.17) is 14.2 Å². The highest BCUT2D eigenvalue weighted by atomic mass is 16.5. The minimum Gasteiger partial charge on any atom is -0.493 e. The Labute approximate surface area is 175 Å². The second-order valence-electron chi connectivity index (χ2n) is 9.42. The van der Waals surface area contributed by atoms with Crippen molar-refractivity contribution in [1.82, 2.24) is 4.90 Å². The Balaban J connectivity index is 1.86. The quantitative estimate of drug-likeness (QED) is 0.622. The predicted molar refractivity (Wildman–Crippen MR) is 114 cm³/mol. The van der Waals surface area contributed by atoms with Crippen molar-refractivity contribution in [2.24, 2.45) is 17.8 Å². The highest BCUT2D eigenvalue weighted by molar-refractivity contribution is 5.69. The first-order valence-electron chi connectivity index (χ1n) is 11.0. The van der Waals surface area contributed by atoms with E-state index in [0.29, 0.717) is 24.2 Å². The summed E-state index contributed by atoms with van der Waals surface area (Å²) in [6, 6.07) is 4.51. The zero-order valence-corrected chi connectivity index (χ0v) is 18.9. The lowest BCUT2D eigenvalue weighted by Crippen LogP contribution is -2.49. The largest absolute Gasteiger partial charge is 0.493 e. The van der Waals surface area contributed by atoms with Gasteiger partial charge in [-0.3, -0.25) is 9.69 Å². The summed E-state index contributed by atoms with van der Waals surface area (Å²) in [5.41, 5.74) is 2.61. The molecule has 3 rings (SSSR count). The van der Waals surface area contributed by atoms with Crippen LogP contribution in [0.2, 0.25) is 0 Å². The van der Waals surface area contributed by atoms with Gasteiger partial charge >= 0.3 is 5.97 Å². The number of carbonyl (C=O) groups is 1. The van der Waals surface area contributed by atoms with Crippen LogP contribution in [0.3, 0.4) is 0 Å². The van der Waals surface area contributed by atoms with Crippen LogP contribution >= 0.6 is 0 Å². The van der Waals surface area contributed by atoms with Crippen molar-refractivity contribution in [3.63, 3.8) is 0 Å². The number of rotatable bonds is 7. The first-order chi connectivity index (χ1) is 13.8. The molecule has 0 amide bonds. The molecule has 1 saturated heterocycles. The first kappa shape index (κ1) is 21.9. The minimum atomic E-state index is -0.0597. The third-order valence-electron chi connectivity index (χ3n) is 6.20. The van der Waals surface area contributed by atoms with Gasteiger partial charge in [0, 0.05) is 37.9 Å². The number of benzene rings is 1. The molecule has 29 heavy (non-hydrogen) atoms. The summed E-state index contributed by atoms with van der Waals surface area (Å²) in [6.07, 6.45) is 3.41. The number of nitrogens with zero attached hydrogens (tertiary/aromatic N) is 1. The van der Waals surface area contributed by atoms with Crippen molar-refractivity contribution in [2.45, 2.75) is 65.5 Å².